The van der Waals surface area contributed by atoms with E-state index < -0.39 is 0 Å². The van der Waals surface area contributed by atoms with Crippen LogP contribution in [0.5, 0.6) is 5.75 Å². The molecule has 0 aliphatic carbocycles. The summed E-state index contributed by atoms with van der Waals surface area (Å²) in [7, 11) is 0. The monoisotopic (exact) mass is 387 g/mol. The molecule has 0 saturated heterocycles. The predicted octanol–water partition coefficient (Wildman–Crippen LogP) is 7.38. The normalized spacial score (nSPS) is 10.5. The van der Waals surface area contributed by atoms with Gasteiger partial charge in [0, 0.05) is 5.56 Å². The van der Waals surface area contributed by atoms with Gasteiger partial charge in [0.15, 0.2) is 0 Å². The lowest BCUT2D eigenvalue weighted by Gasteiger charge is -2.13. The SMILES string of the molecule is CCCCCCCOc1cccc(-c2c(F)cccc2-c2cccc(C#N)c2)c1. The minimum absolute atomic E-state index is 0.290. The van der Waals surface area contributed by atoms with E-state index in [1.807, 2.05) is 42.5 Å². The predicted molar refractivity (Wildman–Crippen MR) is 116 cm³/mol. The van der Waals surface area contributed by atoms with Gasteiger partial charge in [0.2, 0.25) is 0 Å². The van der Waals surface area contributed by atoms with Crippen LogP contribution in [-0.2, 0) is 0 Å². The molecule has 0 heterocycles. The van der Waals surface area contributed by atoms with Crippen LogP contribution >= 0.6 is 0 Å². The second-order valence-electron chi connectivity index (χ2n) is 7.15. The quantitative estimate of drug-likeness (QED) is 0.359. The van der Waals surface area contributed by atoms with Crippen LogP contribution in [0.2, 0.25) is 0 Å². The molecular weight excluding hydrogens is 361 g/mol. The van der Waals surface area contributed by atoms with Crippen LogP contribution in [0.25, 0.3) is 22.3 Å². The van der Waals surface area contributed by atoms with E-state index in [0.29, 0.717) is 17.7 Å². The molecule has 0 unspecified atom stereocenters. The molecule has 29 heavy (non-hydrogen) atoms. The Morgan fingerprint density at radius 3 is 2.45 bits per heavy atom. The fourth-order valence-corrected chi connectivity index (χ4v) is 3.45. The fourth-order valence-electron chi connectivity index (χ4n) is 3.45. The van der Waals surface area contributed by atoms with E-state index in [4.69, 9.17) is 4.74 Å². The molecule has 3 rings (SSSR count). The molecule has 3 aromatic carbocycles. The van der Waals surface area contributed by atoms with Crippen molar-refractivity contribution in [2.45, 2.75) is 39.0 Å². The maximum absolute atomic E-state index is 14.9. The molecule has 0 amide bonds. The summed E-state index contributed by atoms with van der Waals surface area (Å²) in [5.41, 5.74) is 3.43. The van der Waals surface area contributed by atoms with Crippen LogP contribution in [0.1, 0.15) is 44.6 Å². The maximum Gasteiger partial charge on any atom is 0.131 e. The Labute approximate surface area is 172 Å². The molecule has 0 aliphatic heterocycles. The molecule has 0 radical (unpaired) electrons. The zero-order valence-electron chi connectivity index (χ0n) is 16.8. The van der Waals surface area contributed by atoms with Gasteiger partial charge in [-0.15, -0.1) is 0 Å². The minimum Gasteiger partial charge on any atom is -0.494 e. The van der Waals surface area contributed by atoms with Gasteiger partial charge in [0.25, 0.3) is 0 Å². The van der Waals surface area contributed by atoms with Gasteiger partial charge in [-0.3, -0.25) is 0 Å². The van der Waals surface area contributed by atoms with Crippen molar-refractivity contribution in [1.29, 1.82) is 5.26 Å². The van der Waals surface area contributed by atoms with E-state index in [-0.39, 0.29) is 5.82 Å². The van der Waals surface area contributed by atoms with Crippen molar-refractivity contribution >= 4 is 0 Å². The Morgan fingerprint density at radius 2 is 1.62 bits per heavy atom. The standard InChI is InChI=1S/C26H26FNO/c1-2-3-4-5-6-16-29-23-13-8-12-22(18-23)26-24(14-9-15-25(26)27)21-11-7-10-20(17-21)19-28/h7-15,17-18H,2-6,16H2,1H3. The number of rotatable bonds is 9. The highest BCUT2D eigenvalue weighted by Gasteiger charge is 2.13. The molecule has 0 spiro atoms. The number of hydrogen-bond donors (Lipinski definition) is 0. The Morgan fingerprint density at radius 1 is 0.862 bits per heavy atom. The number of unbranched alkanes of at least 4 members (excludes halogenated alkanes) is 4. The first-order chi connectivity index (χ1) is 14.2. The molecule has 0 aliphatic rings. The number of nitriles is 1. The minimum atomic E-state index is -0.290. The number of ether oxygens (including phenoxy) is 1. The van der Waals surface area contributed by atoms with Crippen LogP contribution in [0.3, 0.4) is 0 Å². The highest BCUT2D eigenvalue weighted by atomic mass is 19.1. The average Bonchev–Trinajstić information content (AvgIpc) is 2.76. The van der Waals surface area contributed by atoms with Crippen LogP contribution in [-0.4, -0.2) is 6.61 Å². The van der Waals surface area contributed by atoms with Crippen molar-refractivity contribution in [3.63, 3.8) is 0 Å². The van der Waals surface area contributed by atoms with Crippen LogP contribution in [0.15, 0.2) is 66.7 Å². The number of hydrogen-bond acceptors (Lipinski definition) is 2. The summed E-state index contributed by atoms with van der Waals surface area (Å²) in [6.07, 6.45) is 5.92. The lowest BCUT2D eigenvalue weighted by atomic mass is 9.93. The third-order valence-corrected chi connectivity index (χ3v) is 4.96. The van der Waals surface area contributed by atoms with Crippen molar-refractivity contribution < 1.29 is 9.13 Å². The molecule has 0 atom stereocenters. The first-order valence-corrected chi connectivity index (χ1v) is 10.2. The third-order valence-electron chi connectivity index (χ3n) is 4.96. The maximum atomic E-state index is 14.9. The van der Waals surface area contributed by atoms with Gasteiger partial charge in [-0.25, -0.2) is 4.39 Å². The smallest absolute Gasteiger partial charge is 0.131 e. The summed E-state index contributed by atoms with van der Waals surface area (Å²) in [5.74, 6) is 0.458. The van der Waals surface area contributed by atoms with Crippen molar-refractivity contribution in [2.24, 2.45) is 0 Å². The summed E-state index contributed by atoms with van der Waals surface area (Å²) < 4.78 is 20.8. The van der Waals surface area contributed by atoms with Gasteiger partial charge < -0.3 is 4.74 Å². The first kappa shape index (κ1) is 20.6. The van der Waals surface area contributed by atoms with E-state index >= 15 is 0 Å². The second kappa shape index (κ2) is 10.4. The van der Waals surface area contributed by atoms with Crippen LogP contribution < -0.4 is 4.74 Å². The second-order valence-corrected chi connectivity index (χ2v) is 7.15. The fraction of sp³-hybridized carbons (Fsp3) is 0.269. The largest absolute Gasteiger partial charge is 0.494 e. The summed E-state index contributed by atoms with van der Waals surface area (Å²) in [6, 6.07) is 22.0. The lowest BCUT2D eigenvalue weighted by molar-refractivity contribution is 0.304. The van der Waals surface area contributed by atoms with E-state index in [2.05, 4.69) is 13.0 Å². The summed E-state index contributed by atoms with van der Waals surface area (Å²) in [4.78, 5) is 0. The Hall–Kier alpha value is -3.12. The molecule has 0 aromatic heterocycles. The zero-order valence-corrected chi connectivity index (χ0v) is 16.8. The number of nitrogens with zero attached hydrogens (tertiary/aromatic N) is 1. The van der Waals surface area contributed by atoms with E-state index in [1.54, 1.807) is 18.2 Å². The summed E-state index contributed by atoms with van der Waals surface area (Å²) >= 11 is 0. The van der Waals surface area contributed by atoms with Gasteiger partial charge in [0.1, 0.15) is 11.6 Å². The highest BCUT2D eigenvalue weighted by Crippen LogP contribution is 2.36. The van der Waals surface area contributed by atoms with Gasteiger partial charge in [-0.2, -0.15) is 5.26 Å². The molecular formula is C26H26FNO. The van der Waals surface area contributed by atoms with Gasteiger partial charge in [-0.1, -0.05) is 69.0 Å². The Bertz CT molecular complexity index is 990. The molecule has 2 nitrogen and oxygen atoms in total. The highest BCUT2D eigenvalue weighted by molar-refractivity contribution is 5.84. The van der Waals surface area contributed by atoms with Crippen molar-refractivity contribution in [1.82, 2.24) is 0 Å². The lowest BCUT2D eigenvalue weighted by Crippen LogP contribution is -1.98. The third kappa shape index (κ3) is 5.45. The van der Waals surface area contributed by atoms with Crippen LogP contribution in [0, 0.1) is 17.1 Å². The first-order valence-electron chi connectivity index (χ1n) is 10.2. The Balaban J connectivity index is 1.84. The van der Waals surface area contributed by atoms with Crippen molar-refractivity contribution in [3.8, 4) is 34.1 Å². The van der Waals surface area contributed by atoms with E-state index in [9.17, 15) is 9.65 Å². The Kier molecular flexibility index (Phi) is 7.41. The van der Waals surface area contributed by atoms with Crippen molar-refractivity contribution in [2.75, 3.05) is 6.61 Å². The molecule has 3 heteroatoms. The summed E-state index contributed by atoms with van der Waals surface area (Å²) in [6.45, 7) is 2.87. The average molecular weight is 387 g/mol. The van der Waals surface area contributed by atoms with Gasteiger partial charge in [0.05, 0.1) is 18.2 Å². The molecule has 0 N–H and O–H groups in total. The topological polar surface area (TPSA) is 33.0 Å². The summed E-state index contributed by atoms with van der Waals surface area (Å²) in [5, 5.41) is 9.20. The zero-order chi connectivity index (χ0) is 20.5. The molecule has 0 fully saturated rings. The van der Waals surface area contributed by atoms with Gasteiger partial charge >= 0.3 is 0 Å². The number of halogens is 1. The molecule has 148 valence electrons. The molecule has 0 saturated carbocycles. The molecule has 3 aromatic rings. The van der Waals surface area contributed by atoms with Crippen LogP contribution in [0.4, 0.5) is 4.39 Å². The molecule has 0 bridgehead atoms. The number of benzene rings is 3. The van der Waals surface area contributed by atoms with E-state index in [0.717, 1.165) is 28.9 Å². The van der Waals surface area contributed by atoms with Gasteiger partial charge in [-0.05, 0) is 53.4 Å². The van der Waals surface area contributed by atoms with Crippen molar-refractivity contribution in [3.05, 3.63) is 78.1 Å². The van der Waals surface area contributed by atoms with E-state index in [1.165, 1.54) is 31.7 Å².